The van der Waals surface area contributed by atoms with Gasteiger partial charge < -0.3 is 29.7 Å². The Morgan fingerprint density at radius 3 is 2.46 bits per heavy atom. The number of nitrogens with one attached hydrogen (secondary N) is 2. The number of anilines is 2. The van der Waals surface area contributed by atoms with Gasteiger partial charge in [-0.3, -0.25) is 9.59 Å². The van der Waals surface area contributed by atoms with E-state index in [9.17, 15) is 18.8 Å². The van der Waals surface area contributed by atoms with E-state index in [0.717, 1.165) is 10.4 Å². The largest absolute Gasteiger partial charge is 0.497 e. The number of thiophene rings is 1. The van der Waals surface area contributed by atoms with Crippen LogP contribution in [0, 0.1) is 5.82 Å². The summed E-state index contributed by atoms with van der Waals surface area (Å²) in [5.41, 5.74) is 1.71. The molecule has 194 valence electrons. The molecule has 0 saturated carbocycles. The lowest BCUT2D eigenvalue weighted by Crippen LogP contribution is -2.36. The standard InChI is InChI=1S/C26H26FN3O6S/c1-4-36-26(33)30-12-11-18-21(14-30)37-25(29-23(31)15-5-7-16(27)8-6-15)22(18)24(32)28-19-10-9-17(34-2)13-20(19)35-3/h5-10,13H,4,11-12,14H2,1-3H3,(H,28,32)(H,29,31). The highest BCUT2D eigenvalue weighted by atomic mass is 32.1. The Balaban J connectivity index is 1.68. The summed E-state index contributed by atoms with van der Waals surface area (Å²) in [6, 6.07) is 10.1. The van der Waals surface area contributed by atoms with Crippen LogP contribution in [0.2, 0.25) is 0 Å². The van der Waals surface area contributed by atoms with Crippen LogP contribution in [-0.4, -0.2) is 50.2 Å². The van der Waals surface area contributed by atoms with E-state index >= 15 is 0 Å². The van der Waals surface area contributed by atoms with E-state index in [2.05, 4.69) is 10.6 Å². The lowest BCUT2D eigenvalue weighted by atomic mass is 10.0. The number of benzene rings is 2. The molecule has 2 heterocycles. The zero-order chi connectivity index (χ0) is 26.5. The fourth-order valence-corrected chi connectivity index (χ4v) is 5.22. The molecule has 0 spiro atoms. The molecule has 1 aliphatic heterocycles. The molecule has 37 heavy (non-hydrogen) atoms. The van der Waals surface area contributed by atoms with Crippen LogP contribution >= 0.6 is 11.3 Å². The summed E-state index contributed by atoms with van der Waals surface area (Å²) in [4.78, 5) is 41.1. The van der Waals surface area contributed by atoms with Crippen molar-refractivity contribution >= 4 is 39.9 Å². The van der Waals surface area contributed by atoms with E-state index in [1.807, 2.05) is 0 Å². The molecule has 2 aromatic carbocycles. The Hall–Kier alpha value is -4.12. The normalized spacial score (nSPS) is 12.4. The summed E-state index contributed by atoms with van der Waals surface area (Å²) in [5, 5.41) is 5.99. The number of methoxy groups -OCH3 is 2. The van der Waals surface area contributed by atoms with Gasteiger partial charge >= 0.3 is 6.09 Å². The Labute approximate surface area is 217 Å². The minimum absolute atomic E-state index is 0.240. The summed E-state index contributed by atoms with van der Waals surface area (Å²) in [6.07, 6.45) is -0.0352. The topological polar surface area (TPSA) is 106 Å². The molecule has 3 aromatic rings. The predicted octanol–water partition coefficient (Wildman–Crippen LogP) is 4.92. The number of ether oxygens (including phenoxy) is 3. The van der Waals surface area contributed by atoms with Crippen LogP contribution in [0.25, 0.3) is 0 Å². The number of nitrogens with zero attached hydrogens (tertiary/aromatic N) is 1. The molecular formula is C26H26FN3O6S. The van der Waals surface area contributed by atoms with Crippen LogP contribution in [0.15, 0.2) is 42.5 Å². The zero-order valence-electron chi connectivity index (χ0n) is 20.6. The van der Waals surface area contributed by atoms with Gasteiger partial charge in [-0.15, -0.1) is 11.3 Å². The van der Waals surface area contributed by atoms with Crippen molar-refractivity contribution < 1.29 is 33.0 Å². The van der Waals surface area contributed by atoms with Gasteiger partial charge in [-0.1, -0.05) is 0 Å². The molecule has 1 aliphatic rings. The lowest BCUT2D eigenvalue weighted by molar-refractivity contribution is 0.101. The van der Waals surface area contributed by atoms with Gasteiger partial charge in [0.05, 0.1) is 38.6 Å². The maximum absolute atomic E-state index is 13.6. The molecule has 0 bridgehead atoms. The van der Waals surface area contributed by atoms with E-state index in [1.165, 1.54) is 49.8 Å². The number of halogens is 1. The van der Waals surface area contributed by atoms with Gasteiger partial charge in [0, 0.05) is 23.1 Å². The van der Waals surface area contributed by atoms with Crippen molar-refractivity contribution in [2.24, 2.45) is 0 Å². The molecule has 0 atom stereocenters. The molecule has 3 amide bonds. The summed E-state index contributed by atoms with van der Waals surface area (Å²) in [7, 11) is 3.01. The second-order valence-electron chi connectivity index (χ2n) is 8.06. The highest BCUT2D eigenvalue weighted by Crippen LogP contribution is 2.39. The van der Waals surface area contributed by atoms with Crippen LogP contribution in [-0.2, 0) is 17.7 Å². The molecule has 1 aromatic heterocycles. The quantitative estimate of drug-likeness (QED) is 0.452. The molecular weight excluding hydrogens is 501 g/mol. The molecule has 0 radical (unpaired) electrons. The zero-order valence-corrected chi connectivity index (χ0v) is 21.4. The second-order valence-corrected chi connectivity index (χ2v) is 9.16. The van der Waals surface area contributed by atoms with E-state index < -0.39 is 23.7 Å². The van der Waals surface area contributed by atoms with E-state index in [1.54, 1.807) is 30.0 Å². The van der Waals surface area contributed by atoms with Crippen LogP contribution < -0.4 is 20.1 Å². The highest BCUT2D eigenvalue weighted by Gasteiger charge is 2.31. The number of carbonyl (C=O) groups excluding carboxylic acids is 3. The van der Waals surface area contributed by atoms with Crippen molar-refractivity contribution in [2.45, 2.75) is 19.9 Å². The average molecular weight is 528 g/mol. The molecule has 11 heteroatoms. The van der Waals surface area contributed by atoms with Gasteiger partial charge in [-0.25, -0.2) is 9.18 Å². The first-order valence-corrected chi connectivity index (χ1v) is 12.3. The molecule has 0 unspecified atom stereocenters. The number of rotatable bonds is 7. The lowest BCUT2D eigenvalue weighted by Gasteiger charge is -2.26. The summed E-state index contributed by atoms with van der Waals surface area (Å²) in [6.45, 7) is 2.60. The number of amides is 3. The molecule has 0 fully saturated rings. The number of carbonyl (C=O) groups is 3. The van der Waals surface area contributed by atoms with E-state index in [-0.39, 0.29) is 18.7 Å². The predicted molar refractivity (Wildman–Crippen MR) is 137 cm³/mol. The minimum Gasteiger partial charge on any atom is -0.497 e. The van der Waals surface area contributed by atoms with Gasteiger partial charge in [0.25, 0.3) is 11.8 Å². The summed E-state index contributed by atoms with van der Waals surface area (Å²) in [5.74, 6) is -0.427. The maximum Gasteiger partial charge on any atom is 0.410 e. The number of hydrogen-bond acceptors (Lipinski definition) is 7. The fraction of sp³-hybridized carbons (Fsp3) is 0.269. The third kappa shape index (κ3) is 5.67. The Morgan fingerprint density at radius 2 is 1.78 bits per heavy atom. The van der Waals surface area contributed by atoms with Crippen molar-refractivity contribution in [3.63, 3.8) is 0 Å². The van der Waals surface area contributed by atoms with E-state index in [4.69, 9.17) is 14.2 Å². The van der Waals surface area contributed by atoms with Crippen LogP contribution in [0.4, 0.5) is 19.9 Å². The van der Waals surface area contributed by atoms with Gasteiger partial charge in [0.1, 0.15) is 22.3 Å². The van der Waals surface area contributed by atoms with Crippen molar-refractivity contribution in [3.05, 3.63) is 69.8 Å². The van der Waals surface area contributed by atoms with Crippen molar-refractivity contribution in [3.8, 4) is 11.5 Å². The summed E-state index contributed by atoms with van der Waals surface area (Å²) >= 11 is 1.21. The fourth-order valence-electron chi connectivity index (χ4n) is 3.97. The third-order valence-electron chi connectivity index (χ3n) is 5.80. The van der Waals surface area contributed by atoms with Crippen molar-refractivity contribution in [2.75, 3.05) is 38.0 Å². The Bertz CT molecular complexity index is 1320. The van der Waals surface area contributed by atoms with Gasteiger partial charge in [-0.05, 0) is 55.3 Å². The number of fused-ring (bicyclic) bond motifs is 1. The SMILES string of the molecule is CCOC(=O)N1CCc2c(sc(NC(=O)c3ccc(F)cc3)c2C(=O)Nc2ccc(OC)cc2OC)C1. The Morgan fingerprint density at radius 1 is 1.03 bits per heavy atom. The maximum atomic E-state index is 13.6. The van der Waals surface area contributed by atoms with Crippen LogP contribution in [0.5, 0.6) is 11.5 Å². The molecule has 2 N–H and O–H groups in total. The van der Waals surface area contributed by atoms with Crippen molar-refractivity contribution in [1.29, 1.82) is 0 Å². The molecule has 4 rings (SSSR count). The molecule has 0 aliphatic carbocycles. The molecule has 9 nitrogen and oxygen atoms in total. The van der Waals surface area contributed by atoms with Crippen LogP contribution in [0.1, 0.15) is 38.1 Å². The van der Waals surface area contributed by atoms with Gasteiger partial charge in [0.15, 0.2) is 0 Å². The summed E-state index contributed by atoms with van der Waals surface area (Å²) < 4.78 is 29.1. The van der Waals surface area contributed by atoms with Crippen LogP contribution in [0.3, 0.4) is 0 Å². The average Bonchev–Trinajstić information content (AvgIpc) is 3.26. The van der Waals surface area contributed by atoms with E-state index in [0.29, 0.717) is 40.7 Å². The third-order valence-corrected chi connectivity index (χ3v) is 6.93. The minimum atomic E-state index is -0.489. The van der Waals surface area contributed by atoms with Gasteiger partial charge in [-0.2, -0.15) is 0 Å². The first kappa shape index (κ1) is 26.0. The smallest absolute Gasteiger partial charge is 0.410 e. The number of hydrogen-bond donors (Lipinski definition) is 2. The monoisotopic (exact) mass is 527 g/mol. The first-order chi connectivity index (χ1) is 17.8. The first-order valence-electron chi connectivity index (χ1n) is 11.5. The highest BCUT2D eigenvalue weighted by molar-refractivity contribution is 7.17. The van der Waals surface area contributed by atoms with Gasteiger partial charge in [0.2, 0.25) is 0 Å². The Kier molecular flexibility index (Phi) is 7.92. The second kappa shape index (κ2) is 11.3. The van der Waals surface area contributed by atoms with Crippen molar-refractivity contribution in [1.82, 2.24) is 4.90 Å². The molecule has 0 saturated heterocycles.